The number of halogens is 1. The molecule has 0 bridgehead atoms. The molecule has 0 atom stereocenters. The van der Waals surface area contributed by atoms with Crippen LogP contribution in [-0.4, -0.2) is 6.61 Å². The largest absolute Gasteiger partial charge is 0.494 e. The molecule has 0 aliphatic carbocycles. The van der Waals surface area contributed by atoms with Crippen LogP contribution >= 0.6 is 15.9 Å². The Kier molecular flexibility index (Phi) is 6.49. The maximum atomic E-state index is 5.65. The summed E-state index contributed by atoms with van der Waals surface area (Å²) in [5.41, 5.74) is 4.43. The van der Waals surface area contributed by atoms with E-state index >= 15 is 0 Å². The van der Waals surface area contributed by atoms with Crippen molar-refractivity contribution >= 4 is 27.2 Å². The average Bonchev–Trinajstić information content (AvgIpc) is 2.55. The van der Waals surface area contributed by atoms with Crippen molar-refractivity contribution < 1.29 is 4.74 Å². The Labute approximate surface area is 159 Å². The molecule has 132 valence electrons. The second kappa shape index (κ2) is 8.39. The van der Waals surface area contributed by atoms with Gasteiger partial charge in [0.25, 0.3) is 0 Å². The van der Waals surface area contributed by atoms with Crippen molar-refractivity contribution in [1.29, 1.82) is 0 Å². The maximum absolute atomic E-state index is 5.65. The lowest BCUT2D eigenvalue weighted by Gasteiger charge is -2.20. The highest BCUT2D eigenvalue weighted by molar-refractivity contribution is 9.10. The number of nitrogens with one attached hydrogen (secondary N) is 1. The quantitative estimate of drug-likeness (QED) is 0.428. The van der Waals surface area contributed by atoms with Crippen molar-refractivity contribution in [3.8, 4) is 0 Å². The summed E-state index contributed by atoms with van der Waals surface area (Å²) in [4.78, 5) is 0. The third kappa shape index (κ3) is 5.50. The van der Waals surface area contributed by atoms with Crippen LogP contribution in [0, 0.1) is 0 Å². The SMILES string of the molecule is C=C(OCC)/C(=C\Nc1cccc(C(C)(C)C)c1)c1cccc(Br)c1. The summed E-state index contributed by atoms with van der Waals surface area (Å²) >= 11 is 3.53. The lowest BCUT2D eigenvalue weighted by Crippen LogP contribution is -2.11. The van der Waals surface area contributed by atoms with Gasteiger partial charge in [-0.2, -0.15) is 0 Å². The zero-order valence-corrected chi connectivity index (χ0v) is 17.0. The van der Waals surface area contributed by atoms with Gasteiger partial charge in [0.1, 0.15) is 5.76 Å². The Balaban J connectivity index is 2.33. The Morgan fingerprint density at radius 1 is 1.16 bits per heavy atom. The highest BCUT2D eigenvalue weighted by atomic mass is 79.9. The van der Waals surface area contributed by atoms with Crippen LogP contribution in [0.15, 0.2) is 71.5 Å². The second-order valence-corrected chi connectivity index (χ2v) is 7.82. The normalized spacial score (nSPS) is 12.0. The maximum Gasteiger partial charge on any atom is 0.121 e. The summed E-state index contributed by atoms with van der Waals surface area (Å²) in [5.74, 6) is 0.653. The molecule has 0 saturated carbocycles. The molecule has 0 heterocycles. The van der Waals surface area contributed by atoms with E-state index < -0.39 is 0 Å². The zero-order valence-electron chi connectivity index (χ0n) is 15.4. The van der Waals surface area contributed by atoms with Gasteiger partial charge in [-0.25, -0.2) is 0 Å². The average molecular weight is 400 g/mol. The van der Waals surface area contributed by atoms with Crippen LogP contribution in [-0.2, 0) is 10.2 Å². The molecule has 3 heteroatoms. The van der Waals surface area contributed by atoms with Crippen molar-refractivity contribution in [2.75, 3.05) is 11.9 Å². The molecule has 2 aromatic rings. The van der Waals surface area contributed by atoms with Gasteiger partial charge in [0.2, 0.25) is 0 Å². The van der Waals surface area contributed by atoms with E-state index in [4.69, 9.17) is 4.74 Å². The van der Waals surface area contributed by atoms with E-state index in [9.17, 15) is 0 Å². The molecule has 1 N–H and O–H groups in total. The van der Waals surface area contributed by atoms with Crippen molar-refractivity contribution in [3.05, 3.63) is 82.7 Å². The van der Waals surface area contributed by atoms with Crippen LogP contribution in [0.1, 0.15) is 38.8 Å². The van der Waals surface area contributed by atoms with Crippen LogP contribution < -0.4 is 5.32 Å². The van der Waals surface area contributed by atoms with Crippen LogP contribution in [0.2, 0.25) is 0 Å². The fourth-order valence-electron chi connectivity index (χ4n) is 2.46. The first kappa shape index (κ1) is 19.3. The molecule has 2 rings (SSSR count). The molecule has 0 aromatic heterocycles. The number of benzene rings is 2. The first-order valence-corrected chi connectivity index (χ1v) is 9.26. The molecule has 0 unspecified atom stereocenters. The van der Waals surface area contributed by atoms with Gasteiger partial charge in [0.05, 0.1) is 6.61 Å². The number of anilines is 1. The fourth-order valence-corrected chi connectivity index (χ4v) is 2.86. The van der Waals surface area contributed by atoms with Crippen LogP contribution in [0.5, 0.6) is 0 Å². The highest BCUT2D eigenvalue weighted by Gasteiger charge is 2.13. The summed E-state index contributed by atoms with van der Waals surface area (Å²) in [5, 5.41) is 3.40. The number of rotatable bonds is 6. The van der Waals surface area contributed by atoms with Gasteiger partial charge in [-0.05, 0) is 47.7 Å². The summed E-state index contributed by atoms with van der Waals surface area (Å²) in [7, 11) is 0. The van der Waals surface area contributed by atoms with Gasteiger partial charge >= 0.3 is 0 Å². The molecule has 0 amide bonds. The molecule has 0 aliphatic rings. The van der Waals surface area contributed by atoms with Crippen LogP contribution in [0.4, 0.5) is 5.69 Å². The van der Waals surface area contributed by atoms with Gasteiger partial charge in [-0.1, -0.05) is 67.5 Å². The smallest absolute Gasteiger partial charge is 0.121 e. The highest BCUT2D eigenvalue weighted by Crippen LogP contribution is 2.27. The number of hydrogen-bond donors (Lipinski definition) is 1. The monoisotopic (exact) mass is 399 g/mol. The zero-order chi connectivity index (χ0) is 18.4. The molecule has 0 radical (unpaired) electrons. The van der Waals surface area contributed by atoms with Gasteiger partial charge in [-0.15, -0.1) is 0 Å². The number of allylic oxidation sites excluding steroid dienone is 1. The van der Waals surface area contributed by atoms with E-state index in [-0.39, 0.29) is 5.41 Å². The molecule has 25 heavy (non-hydrogen) atoms. The topological polar surface area (TPSA) is 21.3 Å². The molecule has 2 aromatic carbocycles. The molecule has 0 spiro atoms. The Bertz CT molecular complexity index is 772. The van der Waals surface area contributed by atoms with E-state index in [0.717, 1.165) is 21.3 Å². The van der Waals surface area contributed by atoms with E-state index in [1.54, 1.807) is 0 Å². The summed E-state index contributed by atoms with van der Waals surface area (Å²) in [6.07, 6.45) is 1.96. The van der Waals surface area contributed by atoms with E-state index in [2.05, 4.69) is 78.9 Å². The van der Waals surface area contributed by atoms with E-state index in [0.29, 0.717) is 12.4 Å². The minimum absolute atomic E-state index is 0.115. The third-order valence-corrected chi connectivity index (χ3v) is 4.36. The predicted molar refractivity (Wildman–Crippen MR) is 112 cm³/mol. The molecule has 0 aliphatic heterocycles. The number of ether oxygens (including phenoxy) is 1. The van der Waals surface area contributed by atoms with Crippen molar-refractivity contribution in [1.82, 2.24) is 0 Å². The van der Waals surface area contributed by atoms with Crippen molar-refractivity contribution in [2.24, 2.45) is 0 Å². The third-order valence-electron chi connectivity index (χ3n) is 3.87. The van der Waals surface area contributed by atoms with Gasteiger partial charge in [-0.3, -0.25) is 0 Å². The molecular formula is C22H26BrNO. The van der Waals surface area contributed by atoms with Gasteiger partial charge in [0.15, 0.2) is 0 Å². The molecule has 0 saturated heterocycles. The van der Waals surface area contributed by atoms with Gasteiger partial charge in [0, 0.05) is 21.9 Å². The molecule has 0 fully saturated rings. The van der Waals surface area contributed by atoms with Crippen molar-refractivity contribution in [3.63, 3.8) is 0 Å². The lowest BCUT2D eigenvalue weighted by atomic mass is 9.87. The minimum atomic E-state index is 0.115. The van der Waals surface area contributed by atoms with Crippen LogP contribution in [0.3, 0.4) is 0 Å². The Hall–Kier alpha value is -2.00. The number of hydrogen-bond acceptors (Lipinski definition) is 2. The minimum Gasteiger partial charge on any atom is -0.494 e. The summed E-state index contributed by atoms with van der Waals surface area (Å²) in [6, 6.07) is 16.6. The van der Waals surface area contributed by atoms with Crippen molar-refractivity contribution in [2.45, 2.75) is 33.1 Å². The van der Waals surface area contributed by atoms with E-state index in [1.165, 1.54) is 5.56 Å². The summed E-state index contributed by atoms with van der Waals surface area (Å²) < 4.78 is 6.67. The van der Waals surface area contributed by atoms with Gasteiger partial charge < -0.3 is 10.1 Å². The Morgan fingerprint density at radius 2 is 1.88 bits per heavy atom. The first-order valence-electron chi connectivity index (χ1n) is 8.46. The lowest BCUT2D eigenvalue weighted by molar-refractivity contribution is 0.247. The fraction of sp³-hybridized carbons (Fsp3) is 0.273. The second-order valence-electron chi connectivity index (χ2n) is 6.90. The first-order chi connectivity index (χ1) is 11.8. The van der Waals surface area contributed by atoms with Crippen LogP contribution in [0.25, 0.3) is 5.57 Å². The predicted octanol–water partition coefficient (Wildman–Crippen LogP) is 6.75. The Morgan fingerprint density at radius 3 is 2.52 bits per heavy atom. The summed E-state index contributed by atoms with van der Waals surface area (Å²) in [6.45, 7) is 13.3. The molecular weight excluding hydrogens is 374 g/mol. The standard InChI is InChI=1S/C22H26BrNO/c1-6-25-16(2)21(17-9-7-11-19(23)13-17)15-24-20-12-8-10-18(14-20)22(3,4)5/h7-15,24H,2,6H2,1,3-5H3/b21-15+. The van der Waals surface area contributed by atoms with E-state index in [1.807, 2.05) is 31.3 Å². The molecule has 2 nitrogen and oxygen atoms in total.